The lowest BCUT2D eigenvalue weighted by atomic mass is 10.3. The molecule has 0 unspecified atom stereocenters. The van der Waals surface area contributed by atoms with Crippen LogP contribution in [0.3, 0.4) is 0 Å². The van der Waals surface area contributed by atoms with Crippen molar-refractivity contribution in [1.82, 2.24) is 4.98 Å². The van der Waals surface area contributed by atoms with Gasteiger partial charge in [0.1, 0.15) is 5.01 Å². The van der Waals surface area contributed by atoms with Crippen molar-refractivity contribution < 1.29 is 0 Å². The minimum absolute atomic E-state index is 1.01. The average molecular weight is 189 g/mol. The molecule has 0 bridgehead atoms. The summed E-state index contributed by atoms with van der Waals surface area (Å²) in [6, 6.07) is 0. The lowest BCUT2D eigenvalue weighted by molar-refractivity contribution is 1.33. The molecule has 2 heteroatoms. The predicted octanol–water partition coefficient (Wildman–Crippen LogP) is 3.61. The van der Waals surface area contributed by atoms with Gasteiger partial charge in [0, 0.05) is 0 Å². The van der Waals surface area contributed by atoms with E-state index in [0.717, 1.165) is 22.7 Å². The Morgan fingerprint density at radius 2 is 2.23 bits per heavy atom. The first-order chi connectivity index (χ1) is 6.27. The molecule has 0 radical (unpaired) electrons. The molecule has 0 fully saturated rings. The van der Waals surface area contributed by atoms with Crippen LogP contribution in [0, 0.1) is 0 Å². The van der Waals surface area contributed by atoms with Gasteiger partial charge in [0.05, 0.1) is 10.6 Å². The van der Waals surface area contributed by atoms with Crippen LogP contribution in [0.5, 0.6) is 0 Å². The smallest absolute Gasteiger partial charge is 0.119 e. The fourth-order valence-electron chi connectivity index (χ4n) is 1.20. The standard InChI is InChI=1S/C11H11NS/c1-8(2)11-12-9-6-4-3-5-7-10(9)13-11/h4-7H,1,3H2,2H3. The number of allylic oxidation sites excluding steroid dienone is 3. The van der Waals surface area contributed by atoms with Crippen LogP contribution in [0.4, 0.5) is 0 Å². The molecule has 1 nitrogen and oxygen atoms in total. The number of hydrogen-bond acceptors (Lipinski definition) is 2. The molecule has 0 amide bonds. The first-order valence-corrected chi connectivity index (χ1v) is 5.09. The van der Waals surface area contributed by atoms with Gasteiger partial charge < -0.3 is 0 Å². The lowest BCUT2D eigenvalue weighted by Gasteiger charge is -1.87. The van der Waals surface area contributed by atoms with Crippen molar-refractivity contribution in [2.75, 3.05) is 0 Å². The minimum Gasteiger partial charge on any atom is -0.236 e. The molecule has 0 saturated heterocycles. The van der Waals surface area contributed by atoms with E-state index in [-0.39, 0.29) is 0 Å². The van der Waals surface area contributed by atoms with Gasteiger partial charge in [0.2, 0.25) is 0 Å². The van der Waals surface area contributed by atoms with E-state index in [1.807, 2.05) is 6.92 Å². The maximum atomic E-state index is 4.49. The Morgan fingerprint density at radius 3 is 3.00 bits per heavy atom. The Morgan fingerprint density at radius 1 is 1.46 bits per heavy atom. The van der Waals surface area contributed by atoms with E-state index in [0.29, 0.717) is 0 Å². The van der Waals surface area contributed by atoms with Crippen LogP contribution in [0.15, 0.2) is 18.7 Å². The van der Waals surface area contributed by atoms with Crippen molar-refractivity contribution in [2.24, 2.45) is 0 Å². The third kappa shape index (κ3) is 1.63. The van der Waals surface area contributed by atoms with Crippen molar-refractivity contribution in [3.63, 3.8) is 0 Å². The zero-order valence-corrected chi connectivity index (χ0v) is 8.40. The van der Waals surface area contributed by atoms with Crippen molar-refractivity contribution in [2.45, 2.75) is 13.3 Å². The van der Waals surface area contributed by atoms with Crippen LogP contribution in [0.25, 0.3) is 17.7 Å². The van der Waals surface area contributed by atoms with Gasteiger partial charge >= 0.3 is 0 Å². The highest BCUT2D eigenvalue weighted by Crippen LogP contribution is 2.27. The number of thiazole rings is 1. The van der Waals surface area contributed by atoms with Gasteiger partial charge in [-0.1, -0.05) is 18.7 Å². The summed E-state index contributed by atoms with van der Waals surface area (Å²) in [4.78, 5) is 5.73. The zero-order chi connectivity index (χ0) is 9.26. The van der Waals surface area contributed by atoms with Gasteiger partial charge in [-0.25, -0.2) is 4.98 Å². The fraction of sp³-hybridized carbons (Fsp3) is 0.182. The van der Waals surface area contributed by atoms with Crippen LogP contribution < -0.4 is 0 Å². The molecule has 0 atom stereocenters. The molecule has 0 aromatic carbocycles. The molecule has 0 aliphatic heterocycles. The molecule has 1 aliphatic carbocycles. The summed E-state index contributed by atoms with van der Waals surface area (Å²) in [5, 5.41) is 1.04. The van der Waals surface area contributed by atoms with Crippen molar-refractivity contribution in [3.05, 3.63) is 34.3 Å². The monoisotopic (exact) mass is 189 g/mol. The molecule has 1 aromatic heterocycles. The molecular formula is C11H11NS. The third-order valence-electron chi connectivity index (χ3n) is 1.86. The first kappa shape index (κ1) is 8.45. The molecule has 1 heterocycles. The van der Waals surface area contributed by atoms with Gasteiger partial charge in [-0.2, -0.15) is 0 Å². The second-order valence-corrected chi connectivity index (χ2v) is 4.12. The molecule has 0 N–H and O–H groups in total. The normalized spacial score (nSPS) is 13.9. The number of fused-ring (bicyclic) bond motifs is 1. The van der Waals surface area contributed by atoms with Gasteiger partial charge in [-0.15, -0.1) is 11.3 Å². The molecule has 2 rings (SSSR count). The second-order valence-electron chi connectivity index (χ2n) is 3.09. The van der Waals surface area contributed by atoms with Crippen LogP contribution >= 0.6 is 11.3 Å². The van der Waals surface area contributed by atoms with Gasteiger partial charge in [0.25, 0.3) is 0 Å². The Hall–Kier alpha value is -1.15. The zero-order valence-electron chi connectivity index (χ0n) is 7.58. The van der Waals surface area contributed by atoms with E-state index in [2.05, 4.69) is 35.9 Å². The van der Waals surface area contributed by atoms with Crippen molar-refractivity contribution in [1.29, 1.82) is 0 Å². The van der Waals surface area contributed by atoms with E-state index in [4.69, 9.17) is 0 Å². The van der Waals surface area contributed by atoms with Gasteiger partial charge in [-0.3, -0.25) is 0 Å². The van der Waals surface area contributed by atoms with E-state index in [1.165, 1.54) is 4.88 Å². The van der Waals surface area contributed by atoms with Gasteiger partial charge in [-0.05, 0) is 31.1 Å². The summed E-state index contributed by atoms with van der Waals surface area (Å²) >= 11 is 1.71. The molecule has 0 spiro atoms. The third-order valence-corrected chi connectivity index (χ3v) is 3.06. The summed E-state index contributed by atoms with van der Waals surface area (Å²) in [5.41, 5.74) is 2.12. The summed E-state index contributed by atoms with van der Waals surface area (Å²) in [7, 11) is 0. The first-order valence-electron chi connectivity index (χ1n) is 4.27. The van der Waals surface area contributed by atoms with E-state index >= 15 is 0 Å². The number of aromatic nitrogens is 1. The minimum atomic E-state index is 1.01. The summed E-state index contributed by atoms with van der Waals surface area (Å²) in [6.45, 7) is 5.88. The average Bonchev–Trinajstić information content (AvgIpc) is 2.38. The highest BCUT2D eigenvalue weighted by atomic mass is 32.1. The Bertz CT molecular complexity index is 367. The Balaban J connectivity index is 2.50. The van der Waals surface area contributed by atoms with Crippen LogP contribution in [-0.2, 0) is 0 Å². The van der Waals surface area contributed by atoms with E-state index < -0.39 is 0 Å². The second kappa shape index (κ2) is 3.30. The fourth-order valence-corrected chi connectivity index (χ4v) is 2.11. The number of hydrogen-bond donors (Lipinski definition) is 0. The van der Waals surface area contributed by atoms with Crippen molar-refractivity contribution in [3.8, 4) is 0 Å². The predicted molar refractivity (Wildman–Crippen MR) is 59.5 cm³/mol. The van der Waals surface area contributed by atoms with Crippen LogP contribution in [-0.4, -0.2) is 4.98 Å². The van der Waals surface area contributed by atoms with Crippen molar-refractivity contribution >= 4 is 29.1 Å². The summed E-state index contributed by atoms with van der Waals surface area (Å²) < 4.78 is 0. The molecule has 1 aliphatic rings. The number of rotatable bonds is 1. The summed E-state index contributed by atoms with van der Waals surface area (Å²) in [6.07, 6.45) is 9.51. The lowest BCUT2D eigenvalue weighted by Crippen LogP contribution is -1.76. The maximum Gasteiger partial charge on any atom is 0.119 e. The number of nitrogens with zero attached hydrogens (tertiary/aromatic N) is 1. The molecule has 66 valence electrons. The molecular weight excluding hydrogens is 178 g/mol. The highest BCUT2D eigenvalue weighted by molar-refractivity contribution is 7.13. The molecule has 0 saturated carbocycles. The van der Waals surface area contributed by atoms with E-state index in [9.17, 15) is 0 Å². The largest absolute Gasteiger partial charge is 0.236 e. The van der Waals surface area contributed by atoms with Gasteiger partial charge in [0.15, 0.2) is 0 Å². The SMILES string of the molecule is C=C(C)c1nc2c(s1)C=CCC=C2. The van der Waals surface area contributed by atoms with E-state index in [1.54, 1.807) is 11.3 Å². The Labute approximate surface area is 82.1 Å². The van der Waals surface area contributed by atoms with Crippen LogP contribution in [0.1, 0.15) is 28.9 Å². The molecule has 1 aromatic rings. The topological polar surface area (TPSA) is 12.9 Å². The highest BCUT2D eigenvalue weighted by Gasteiger charge is 2.07. The van der Waals surface area contributed by atoms with Crippen LogP contribution in [0.2, 0.25) is 0 Å². The maximum absolute atomic E-state index is 4.49. The summed E-state index contributed by atoms with van der Waals surface area (Å²) in [5.74, 6) is 0. The molecule has 13 heavy (non-hydrogen) atoms. The Kier molecular flexibility index (Phi) is 2.15. The quantitative estimate of drug-likeness (QED) is 0.657.